The number of aliphatic carboxylic acids is 1. The average Bonchev–Trinajstić information content (AvgIpc) is 2.52. The van der Waals surface area contributed by atoms with Gasteiger partial charge in [-0.05, 0) is 30.3 Å². The molecule has 0 radical (unpaired) electrons. The van der Waals surface area contributed by atoms with Gasteiger partial charge in [-0.3, -0.25) is 4.79 Å². The molecule has 0 fully saturated rings. The Morgan fingerprint density at radius 2 is 1.92 bits per heavy atom. The van der Waals surface area contributed by atoms with E-state index < -0.39 is 30.1 Å². The molecule has 2 aromatic carbocycles. The van der Waals surface area contributed by atoms with Crippen molar-refractivity contribution >= 4 is 27.8 Å². The van der Waals surface area contributed by atoms with Crippen LogP contribution in [0.15, 0.2) is 40.9 Å². The Kier molecular flexibility index (Phi) is 5.86. The highest BCUT2D eigenvalue weighted by Crippen LogP contribution is 2.20. The van der Waals surface area contributed by atoms with Crippen LogP contribution in [0.2, 0.25) is 0 Å². The maximum absolute atomic E-state index is 13.7. The van der Waals surface area contributed by atoms with E-state index in [1.54, 1.807) is 6.07 Å². The lowest BCUT2D eigenvalue weighted by molar-refractivity contribution is -0.139. The van der Waals surface area contributed by atoms with Crippen molar-refractivity contribution in [2.75, 3.05) is 6.61 Å². The van der Waals surface area contributed by atoms with Crippen LogP contribution in [0.25, 0.3) is 0 Å². The molecule has 5 nitrogen and oxygen atoms in total. The first-order valence-electron chi connectivity index (χ1n) is 6.73. The number of rotatable bonds is 6. The Morgan fingerprint density at radius 1 is 1.17 bits per heavy atom. The predicted molar refractivity (Wildman–Crippen MR) is 84.8 cm³/mol. The van der Waals surface area contributed by atoms with Crippen molar-refractivity contribution in [2.45, 2.75) is 6.54 Å². The third-order valence-corrected chi connectivity index (χ3v) is 3.49. The maximum atomic E-state index is 13.7. The zero-order valence-corrected chi connectivity index (χ0v) is 13.8. The Morgan fingerprint density at radius 3 is 2.58 bits per heavy atom. The first-order valence-corrected chi connectivity index (χ1v) is 7.52. The van der Waals surface area contributed by atoms with Gasteiger partial charge in [-0.1, -0.05) is 22.0 Å². The van der Waals surface area contributed by atoms with Gasteiger partial charge in [0.25, 0.3) is 5.91 Å². The van der Waals surface area contributed by atoms with Gasteiger partial charge < -0.3 is 15.2 Å². The van der Waals surface area contributed by atoms with Crippen molar-refractivity contribution in [1.82, 2.24) is 5.32 Å². The molecule has 0 aliphatic carbocycles. The van der Waals surface area contributed by atoms with Gasteiger partial charge in [0.2, 0.25) is 0 Å². The zero-order chi connectivity index (χ0) is 17.7. The SMILES string of the molecule is O=C(O)COc1ccc(F)cc1C(=O)NCc1ccc(Br)cc1F. The molecule has 2 rings (SSSR count). The molecule has 24 heavy (non-hydrogen) atoms. The average molecular weight is 400 g/mol. The molecule has 126 valence electrons. The van der Waals surface area contributed by atoms with E-state index >= 15 is 0 Å². The van der Waals surface area contributed by atoms with Crippen LogP contribution in [0.3, 0.4) is 0 Å². The van der Waals surface area contributed by atoms with Gasteiger partial charge in [-0.25, -0.2) is 13.6 Å². The number of carboxylic acid groups (broad SMARTS) is 1. The second-order valence-corrected chi connectivity index (χ2v) is 5.66. The summed E-state index contributed by atoms with van der Waals surface area (Å²) >= 11 is 3.13. The van der Waals surface area contributed by atoms with Crippen molar-refractivity contribution in [3.63, 3.8) is 0 Å². The molecule has 8 heteroatoms. The highest BCUT2D eigenvalue weighted by molar-refractivity contribution is 9.10. The zero-order valence-electron chi connectivity index (χ0n) is 12.2. The molecule has 0 bridgehead atoms. The topological polar surface area (TPSA) is 75.6 Å². The van der Waals surface area contributed by atoms with E-state index in [4.69, 9.17) is 9.84 Å². The Hall–Kier alpha value is -2.48. The number of ether oxygens (including phenoxy) is 1. The quantitative estimate of drug-likeness (QED) is 0.782. The number of halogens is 3. The fraction of sp³-hybridized carbons (Fsp3) is 0.125. The van der Waals surface area contributed by atoms with E-state index in [0.717, 1.165) is 18.2 Å². The lowest BCUT2D eigenvalue weighted by Crippen LogP contribution is -2.24. The molecule has 0 aliphatic heterocycles. The predicted octanol–water partition coefficient (Wildman–Crippen LogP) is 3.12. The minimum atomic E-state index is -1.23. The minimum absolute atomic E-state index is 0.0763. The summed E-state index contributed by atoms with van der Waals surface area (Å²) in [6.45, 7) is -0.792. The van der Waals surface area contributed by atoms with Crippen molar-refractivity contribution < 1.29 is 28.2 Å². The molecule has 2 aromatic rings. The Labute approximate surface area is 144 Å². The van der Waals surface area contributed by atoms with Gasteiger partial charge in [0, 0.05) is 16.6 Å². The van der Waals surface area contributed by atoms with Gasteiger partial charge in [0.05, 0.1) is 5.56 Å². The lowest BCUT2D eigenvalue weighted by Gasteiger charge is -2.11. The van der Waals surface area contributed by atoms with Gasteiger partial charge in [-0.15, -0.1) is 0 Å². The van der Waals surface area contributed by atoms with Crippen molar-refractivity contribution in [3.8, 4) is 5.75 Å². The molecule has 0 aromatic heterocycles. The number of benzene rings is 2. The van der Waals surface area contributed by atoms with Gasteiger partial charge in [0.15, 0.2) is 6.61 Å². The maximum Gasteiger partial charge on any atom is 0.341 e. The van der Waals surface area contributed by atoms with E-state index in [1.165, 1.54) is 12.1 Å². The minimum Gasteiger partial charge on any atom is -0.481 e. The summed E-state index contributed by atoms with van der Waals surface area (Å²) in [5, 5.41) is 11.1. The van der Waals surface area contributed by atoms with Crippen LogP contribution in [0.1, 0.15) is 15.9 Å². The van der Waals surface area contributed by atoms with Crippen LogP contribution in [0.4, 0.5) is 8.78 Å². The number of hydrogen-bond donors (Lipinski definition) is 2. The standard InChI is InChI=1S/C16H12BrF2NO4/c17-10-2-1-9(13(19)5-10)7-20-16(23)12-6-11(18)3-4-14(12)24-8-15(21)22/h1-6H,7-8H2,(H,20,23)(H,21,22). The molecule has 0 saturated heterocycles. The molecule has 0 unspecified atom stereocenters. The smallest absolute Gasteiger partial charge is 0.341 e. The highest BCUT2D eigenvalue weighted by atomic mass is 79.9. The van der Waals surface area contributed by atoms with Gasteiger partial charge in [-0.2, -0.15) is 0 Å². The molecule has 2 N–H and O–H groups in total. The molecule has 0 heterocycles. The number of carbonyl (C=O) groups is 2. The summed E-state index contributed by atoms with van der Waals surface area (Å²) in [6.07, 6.45) is 0. The fourth-order valence-corrected chi connectivity index (χ4v) is 2.21. The Balaban J connectivity index is 2.13. The van der Waals surface area contributed by atoms with Crippen LogP contribution in [-0.2, 0) is 11.3 Å². The molecular formula is C16H12BrF2NO4. The molecule has 0 atom stereocenters. The Bertz CT molecular complexity index is 783. The van der Waals surface area contributed by atoms with E-state index in [9.17, 15) is 18.4 Å². The van der Waals surface area contributed by atoms with Gasteiger partial charge >= 0.3 is 5.97 Å². The van der Waals surface area contributed by atoms with Crippen LogP contribution < -0.4 is 10.1 Å². The molecule has 1 amide bonds. The molecule has 0 saturated carbocycles. The lowest BCUT2D eigenvalue weighted by atomic mass is 10.1. The molecular weight excluding hydrogens is 388 g/mol. The van der Waals surface area contributed by atoms with Gasteiger partial charge in [0.1, 0.15) is 17.4 Å². The number of carboxylic acids is 1. The second kappa shape index (κ2) is 7.87. The summed E-state index contributed by atoms with van der Waals surface area (Å²) in [5.74, 6) is -3.21. The fourth-order valence-electron chi connectivity index (χ4n) is 1.88. The van der Waals surface area contributed by atoms with E-state index in [-0.39, 0.29) is 23.4 Å². The summed E-state index contributed by atoms with van der Waals surface area (Å²) in [6, 6.07) is 7.49. The number of amides is 1. The summed E-state index contributed by atoms with van der Waals surface area (Å²) < 4.78 is 32.6. The van der Waals surface area contributed by atoms with Crippen LogP contribution in [-0.4, -0.2) is 23.6 Å². The van der Waals surface area contributed by atoms with Crippen LogP contribution in [0, 0.1) is 11.6 Å². The second-order valence-electron chi connectivity index (χ2n) is 4.74. The number of nitrogens with one attached hydrogen (secondary N) is 1. The van der Waals surface area contributed by atoms with E-state index in [2.05, 4.69) is 21.2 Å². The summed E-state index contributed by atoms with van der Waals surface area (Å²) in [4.78, 5) is 22.7. The van der Waals surface area contributed by atoms with E-state index in [1.807, 2.05) is 0 Å². The normalized spacial score (nSPS) is 10.3. The van der Waals surface area contributed by atoms with Crippen molar-refractivity contribution in [2.24, 2.45) is 0 Å². The van der Waals surface area contributed by atoms with Crippen LogP contribution >= 0.6 is 15.9 Å². The van der Waals surface area contributed by atoms with E-state index in [0.29, 0.717) is 4.47 Å². The number of hydrogen-bond acceptors (Lipinski definition) is 3. The first kappa shape index (κ1) is 17.9. The third-order valence-electron chi connectivity index (χ3n) is 2.99. The third kappa shape index (κ3) is 4.76. The van der Waals surface area contributed by atoms with Crippen molar-refractivity contribution in [3.05, 3.63) is 63.6 Å². The highest BCUT2D eigenvalue weighted by Gasteiger charge is 2.15. The van der Waals surface area contributed by atoms with Crippen LogP contribution in [0.5, 0.6) is 5.75 Å². The summed E-state index contributed by atoms with van der Waals surface area (Å²) in [7, 11) is 0. The number of carbonyl (C=O) groups excluding carboxylic acids is 1. The molecule has 0 spiro atoms. The first-order chi connectivity index (χ1) is 11.4. The monoisotopic (exact) mass is 399 g/mol. The molecule has 0 aliphatic rings. The summed E-state index contributed by atoms with van der Waals surface area (Å²) in [5.41, 5.74) is 0.0738. The van der Waals surface area contributed by atoms with Crippen molar-refractivity contribution in [1.29, 1.82) is 0 Å². The largest absolute Gasteiger partial charge is 0.481 e.